The van der Waals surface area contributed by atoms with Crippen molar-refractivity contribution in [3.05, 3.63) is 0 Å². The molecule has 1 aliphatic heterocycles. The van der Waals surface area contributed by atoms with E-state index in [0.29, 0.717) is 6.42 Å². The van der Waals surface area contributed by atoms with Gasteiger partial charge in [0.2, 0.25) is 0 Å². The lowest BCUT2D eigenvalue weighted by molar-refractivity contribution is -0.0734. The summed E-state index contributed by atoms with van der Waals surface area (Å²) in [7, 11) is 0. The van der Waals surface area contributed by atoms with Gasteiger partial charge in [-0.3, -0.25) is 4.90 Å². The Hall–Kier alpha value is -0.160. The average Bonchev–Trinajstić information content (AvgIpc) is 2.27. The molecule has 0 amide bonds. The Morgan fingerprint density at radius 1 is 1.36 bits per heavy atom. The predicted molar refractivity (Wildman–Crippen MR) is 56.0 cm³/mol. The summed E-state index contributed by atoms with van der Waals surface area (Å²) in [6, 6.07) is 0.0590. The van der Waals surface area contributed by atoms with E-state index in [9.17, 15) is 10.2 Å². The van der Waals surface area contributed by atoms with Crippen LogP contribution in [0.25, 0.3) is 0 Å². The number of aliphatic hydroxyl groups is 2. The summed E-state index contributed by atoms with van der Waals surface area (Å²) in [4.78, 5) is 2.00. The topological polar surface area (TPSA) is 55.7 Å². The van der Waals surface area contributed by atoms with E-state index in [0.717, 1.165) is 26.1 Å². The Labute approximate surface area is 85.9 Å². The largest absolute Gasteiger partial charge is 0.391 e. The molecule has 1 saturated heterocycles. The molecule has 0 bridgehead atoms. The van der Waals surface area contributed by atoms with Crippen molar-refractivity contribution in [2.75, 3.05) is 19.6 Å². The van der Waals surface area contributed by atoms with Crippen molar-refractivity contribution in [3.8, 4) is 0 Å². The normalized spacial score (nSPS) is 28.7. The summed E-state index contributed by atoms with van der Waals surface area (Å²) in [6.07, 6.45) is 0.693. The third-order valence-corrected chi connectivity index (χ3v) is 2.94. The molecule has 0 aliphatic carbocycles. The summed E-state index contributed by atoms with van der Waals surface area (Å²) in [6.45, 7) is 6.41. The van der Waals surface area contributed by atoms with Crippen LogP contribution in [0.3, 0.4) is 0 Å². The van der Waals surface area contributed by atoms with Crippen molar-refractivity contribution in [3.63, 3.8) is 0 Å². The molecule has 1 aliphatic rings. The van der Waals surface area contributed by atoms with Crippen molar-refractivity contribution in [1.82, 2.24) is 10.2 Å². The third kappa shape index (κ3) is 2.67. The molecule has 1 heterocycles. The first-order valence-corrected chi connectivity index (χ1v) is 5.53. The summed E-state index contributed by atoms with van der Waals surface area (Å²) in [5.41, 5.74) is 0. The van der Waals surface area contributed by atoms with Crippen LogP contribution < -0.4 is 5.32 Å². The Balaban J connectivity index is 2.58. The zero-order valence-electron chi connectivity index (χ0n) is 9.11. The minimum absolute atomic E-state index is 0.0590. The van der Waals surface area contributed by atoms with Gasteiger partial charge in [0.05, 0.1) is 12.1 Å². The van der Waals surface area contributed by atoms with Crippen molar-refractivity contribution in [1.29, 1.82) is 0 Å². The minimum atomic E-state index is -0.414. The second-order valence-corrected chi connectivity index (χ2v) is 3.87. The van der Waals surface area contributed by atoms with Gasteiger partial charge in [-0.2, -0.15) is 0 Å². The van der Waals surface area contributed by atoms with Crippen LogP contribution in [0.5, 0.6) is 0 Å². The number of aliphatic hydroxyl groups excluding tert-OH is 2. The Morgan fingerprint density at radius 3 is 2.64 bits per heavy atom. The third-order valence-electron chi connectivity index (χ3n) is 2.94. The van der Waals surface area contributed by atoms with Crippen molar-refractivity contribution >= 4 is 0 Å². The maximum Gasteiger partial charge on any atom is 0.107 e. The SMILES string of the molecule is CCC(O)C1CNCCN1C(O)CC. The van der Waals surface area contributed by atoms with E-state index in [-0.39, 0.29) is 12.1 Å². The van der Waals surface area contributed by atoms with Gasteiger partial charge in [0.25, 0.3) is 0 Å². The number of hydrogen-bond acceptors (Lipinski definition) is 4. The lowest BCUT2D eigenvalue weighted by Gasteiger charge is -2.41. The van der Waals surface area contributed by atoms with Crippen LogP contribution in [-0.4, -0.2) is 53.1 Å². The molecular weight excluding hydrogens is 180 g/mol. The molecule has 4 nitrogen and oxygen atoms in total. The van der Waals surface area contributed by atoms with Crippen LogP contribution in [-0.2, 0) is 0 Å². The fourth-order valence-electron chi connectivity index (χ4n) is 1.97. The fourth-order valence-corrected chi connectivity index (χ4v) is 1.97. The highest BCUT2D eigenvalue weighted by molar-refractivity contribution is 4.85. The van der Waals surface area contributed by atoms with Gasteiger partial charge in [-0.1, -0.05) is 13.8 Å². The number of nitrogens with one attached hydrogen (secondary N) is 1. The molecule has 1 fully saturated rings. The van der Waals surface area contributed by atoms with E-state index in [2.05, 4.69) is 5.32 Å². The van der Waals surface area contributed by atoms with Gasteiger partial charge in [0, 0.05) is 19.6 Å². The fraction of sp³-hybridized carbons (Fsp3) is 1.00. The van der Waals surface area contributed by atoms with Gasteiger partial charge in [-0.25, -0.2) is 0 Å². The summed E-state index contributed by atoms with van der Waals surface area (Å²) in [5, 5.41) is 22.8. The number of nitrogens with zero attached hydrogens (tertiary/aromatic N) is 1. The summed E-state index contributed by atoms with van der Waals surface area (Å²) < 4.78 is 0. The van der Waals surface area contributed by atoms with Gasteiger partial charge in [0.1, 0.15) is 6.23 Å². The van der Waals surface area contributed by atoms with E-state index >= 15 is 0 Å². The zero-order chi connectivity index (χ0) is 10.6. The lowest BCUT2D eigenvalue weighted by atomic mass is 10.0. The number of hydrogen-bond donors (Lipinski definition) is 3. The van der Waals surface area contributed by atoms with Crippen LogP contribution in [0.4, 0.5) is 0 Å². The predicted octanol–water partition coefficient (Wildman–Crippen LogP) is -0.241. The van der Waals surface area contributed by atoms with E-state index in [1.165, 1.54) is 0 Å². The average molecular weight is 202 g/mol. The quantitative estimate of drug-likeness (QED) is 0.589. The highest BCUT2D eigenvalue weighted by atomic mass is 16.3. The van der Waals surface area contributed by atoms with Gasteiger partial charge < -0.3 is 15.5 Å². The Kier molecular flexibility index (Phi) is 4.81. The van der Waals surface area contributed by atoms with Gasteiger partial charge in [0.15, 0.2) is 0 Å². The van der Waals surface area contributed by atoms with Gasteiger partial charge in [-0.05, 0) is 12.8 Å². The number of piperazine rings is 1. The van der Waals surface area contributed by atoms with Crippen LogP contribution in [0, 0.1) is 0 Å². The summed E-state index contributed by atoms with van der Waals surface area (Å²) in [5.74, 6) is 0. The molecule has 3 N–H and O–H groups in total. The molecule has 0 aromatic carbocycles. The molecule has 0 aromatic heterocycles. The molecule has 0 radical (unpaired) electrons. The molecule has 3 unspecified atom stereocenters. The second-order valence-electron chi connectivity index (χ2n) is 3.87. The summed E-state index contributed by atoms with van der Waals surface area (Å²) >= 11 is 0. The maximum atomic E-state index is 9.80. The van der Waals surface area contributed by atoms with E-state index in [1.54, 1.807) is 0 Å². The minimum Gasteiger partial charge on any atom is -0.391 e. The van der Waals surface area contributed by atoms with Gasteiger partial charge in [-0.15, -0.1) is 0 Å². The first-order chi connectivity index (χ1) is 6.70. The van der Waals surface area contributed by atoms with E-state index in [4.69, 9.17) is 0 Å². The first kappa shape index (κ1) is 11.9. The second kappa shape index (κ2) is 5.66. The highest BCUT2D eigenvalue weighted by Gasteiger charge is 2.30. The zero-order valence-corrected chi connectivity index (χ0v) is 9.11. The monoisotopic (exact) mass is 202 g/mol. The molecular formula is C10H22N2O2. The Morgan fingerprint density at radius 2 is 2.07 bits per heavy atom. The van der Waals surface area contributed by atoms with Crippen LogP contribution in [0.15, 0.2) is 0 Å². The molecule has 0 saturated carbocycles. The standard InChI is InChI=1S/C10H22N2O2/c1-3-9(13)8-7-11-5-6-12(8)10(14)4-2/h8-11,13-14H,3-7H2,1-2H3. The molecule has 0 aromatic rings. The molecule has 1 rings (SSSR count). The van der Waals surface area contributed by atoms with Crippen molar-refractivity contribution < 1.29 is 10.2 Å². The first-order valence-electron chi connectivity index (χ1n) is 5.53. The van der Waals surface area contributed by atoms with E-state index < -0.39 is 6.23 Å². The molecule has 4 heteroatoms. The van der Waals surface area contributed by atoms with E-state index in [1.807, 2.05) is 18.7 Å². The molecule has 3 atom stereocenters. The van der Waals surface area contributed by atoms with Crippen molar-refractivity contribution in [2.24, 2.45) is 0 Å². The lowest BCUT2D eigenvalue weighted by Crippen LogP contribution is -2.59. The van der Waals surface area contributed by atoms with Crippen molar-refractivity contribution in [2.45, 2.75) is 45.1 Å². The van der Waals surface area contributed by atoms with Gasteiger partial charge >= 0.3 is 0 Å². The molecule has 84 valence electrons. The Bertz CT molecular complexity index is 148. The maximum absolute atomic E-state index is 9.80. The smallest absolute Gasteiger partial charge is 0.107 e. The molecule has 14 heavy (non-hydrogen) atoms. The highest BCUT2D eigenvalue weighted by Crippen LogP contribution is 2.14. The molecule has 0 spiro atoms. The van der Waals surface area contributed by atoms with Crippen LogP contribution >= 0.6 is 0 Å². The van der Waals surface area contributed by atoms with Crippen LogP contribution in [0.2, 0.25) is 0 Å². The number of rotatable bonds is 4. The van der Waals surface area contributed by atoms with Crippen LogP contribution in [0.1, 0.15) is 26.7 Å².